The van der Waals surface area contributed by atoms with E-state index in [0.29, 0.717) is 39.5 Å². The molecule has 0 fully saturated rings. The van der Waals surface area contributed by atoms with E-state index >= 15 is 0 Å². The van der Waals surface area contributed by atoms with Crippen LogP contribution in [0.25, 0.3) is 0 Å². The van der Waals surface area contributed by atoms with Crippen LogP contribution in [0.5, 0.6) is 0 Å². The molecular formula is C9H20O4. The maximum absolute atomic E-state index is 8.45. The van der Waals surface area contributed by atoms with Crippen molar-refractivity contribution in [1.29, 1.82) is 0 Å². The van der Waals surface area contributed by atoms with Crippen molar-refractivity contribution in [2.24, 2.45) is 0 Å². The highest BCUT2D eigenvalue weighted by Crippen LogP contribution is 1.87. The van der Waals surface area contributed by atoms with Gasteiger partial charge in [-0.2, -0.15) is 0 Å². The molecule has 0 spiro atoms. The van der Waals surface area contributed by atoms with E-state index < -0.39 is 0 Å². The Hall–Kier alpha value is -0.160. The lowest BCUT2D eigenvalue weighted by Gasteiger charge is -2.04. The topological polar surface area (TPSA) is 47.9 Å². The quantitative estimate of drug-likeness (QED) is 0.510. The van der Waals surface area contributed by atoms with Gasteiger partial charge in [0.05, 0.1) is 13.2 Å². The second kappa shape index (κ2) is 11.8. The van der Waals surface area contributed by atoms with E-state index in [-0.39, 0.29) is 6.61 Å². The zero-order valence-electron chi connectivity index (χ0n) is 8.33. The number of ether oxygens (including phenoxy) is 3. The van der Waals surface area contributed by atoms with Gasteiger partial charge in [-0.1, -0.05) is 0 Å². The number of rotatable bonds is 10. The molecule has 0 rings (SSSR count). The summed E-state index contributed by atoms with van der Waals surface area (Å²) in [5.41, 5.74) is 0. The van der Waals surface area contributed by atoms with Crippen molar-refractivity contribution in [2.45, 2.75) is 12.8 Å². The van der Waals surface area contributed by atoms with Gasteiger partial charge in [-0.05, 0) is 12.8 Å². The predicted molar refractivity (Wildman–Crippen MR) is 49.8 cm³/mol. The normalized spacial score (nSPS) is 10.6. The largest absolute Gasteiger partial charge is 0.396 e. The summed E-state index contributed by atoms with van der Waals surface area (Å²) in [6.07, 6.45) is 1.61. The van der Waals surface area contributed by atoms with Crippen LogP contribution < -0.4 is 0 Å². The van der Waals surface area contributed by atoms with Gasteiger partial charge in [-0.15, -0.1) is 0 Å². The van der Waals surface area contributed by atoms with Gasteiger partial charge >= 0.3 is 0 Å². The van der Waals surface area contributed by atoms with Crippen LogP contribution in [0, 0.1) is 0 Å². The molecule has 0 aromatic rings. The molecule has 1 N–H and O–H groups in total. The monoisotopic (exact) mass is 192 g/mol. The van der Waals surface area contributed by atoms with E-state index in [2.05, 4.69) is 0 Å². The van der Waals surface area contributed by atoms with Crippen LogP contribution in [-0.4, -0.2) is 51.9 Å². The minimum Gasteiger partial charge on any atom is -0.396 e. The van der Waals surface area contributed by atoms with E-state index in [0.717, 1.165) is 6.42 Å². The maximum atomic E-state index is 8.45. The molecule has 0 amide bonds. The van der Waals surface area contributed by atoms with E-state index in [1.54, 1.807) is 7.11 Å². The van der Waals surface area contributed by atoms with Crippen molar-refractivity contribution < 1.29 is 19.3 Å². The van der Waals surface area contributed by atoms with Crippen LogP contribution in [0.4, 0.5) is 0 Å². The van der Waals surface area contributed by atoms with Crippen molar-refractivity contribution in [3.63, 3.8) is 0 Å². The Morgan fingerprint density at radius 3 is 2.08 bits per heavy atom. The molecule has 0 saturated carbocycles. The van der Waals surface area contributed by atoms with Gasteiger partial charge in [-0.25, -0.2) is 0 Å². The smallest absolute Gasteiger partial charge is 0.0700 e. The minimum absolute atomic E-state index is 0.199. The minimum atomic E-state index is 0.199. The van der Waals surface area contributed by atoms with E-state index in [1.165, 1.54) is 0 Å². The van der Waals surface area contributed by atoms with Gasteiger partial charge < -0.3 is 19.3 Å². The fraction of sp³-hybridized carbons (Fsp3) is 1.00. The van der Waals surface area contributed by atoms with Gasteiger partial charge in [0.25, 0.3) is 0 Å². The Balaban J connectivity index is 2.76. The summed E-state index contributed by atoms with van der Waals surface area (Å²) in [6, 6.07) is 0. The van der Waals surface area contributed by atoms with Crippen molar-refractivity contribution in [3.05, 3.63) is 0 Å². The van der Waals surface area contributed by atoms with Crippen LogP contribution in [0.15, 0.2) is 0 Å². The predicted octanol–water partition coefficient (Wildman–Crippen LogP) is 0.439. The average Bonchev–Trinajstić information content (AvgIpc) is 2.16. The second-order valence-electron chi connectivity index (χ2n) is 2.65. The fourth-order valence-corrected chi connectivity index (χ4v) is 0.776. The zero-order valence-corrected chi connectivity index (χ0v) is 8.33. The lowest BCUT2D eigenvalue weighted by molar-refractivity contribution is 0.0492. The van der Waals surface area contributed by atoms with Crippen molar-refractivity contribution in [1.82, 2.24) is 0 Å². The van der Waals surface area contributed by atoms with Crippen LogP contribution >= 0.6 is 0 Å². The van der Waals surface area contributed by atoms with E-state index in [9.17, 15) is 0 Å². The molecule has 0 unspecified atom stereocenters. The fourth-order valence-electron chi connectivity index (χ4n) is 0.776. The summed E-state index contributed by atoms with van der Waals surface area (Å²) in [5, 5.41) is 8.45. The molecule has 13 heavy (non-hydrogen) atoms. The Bertz CT molecular complexity index is 77.7. The first kappa shape index (κ1) is 12.8. The lowest BCUT2D eigenvalue weighted by Crippen LogP contribution is -2.06. The highest BCUT2D eigenvalue weighted by molar-refractivity contribution is 4.36. The molecule has 0 aliphatic heterocycles. The van der Waals surface area contributed by atoms with Crippen LogP contribution in [0.3, 0.4) is 0 Å². The Morgan fingerprint density at radius 2 is 1.46 bits per heavy atom. The Labute approximate surface area is 79.8 Å². The molecule has 0 radical (unpaired) electrons. The molecule has 4 heteroatoms. The summed E-state index contributed by atoms with van der Waals surface area (Å²) in [7, 11) is 1.65. The number of methoxy groups -OCH3 is 1. The second-order valence-corrected chi connectivity index (χ2v) is 2.65. The van der Waals surface area contributed by atoms with Crippen molar-refractivity contribution >= 4 is 0 Å². The van der Waals surface area contributed by atoms with Crippen LogP contribution in [0.1, 0.15) is 12.8 Å². The highest BCUT2D eigenvalue weighted by Gasteiger charge is 1.90. The first-order chi connectivity index (χ1) is 6.41. The first-order valence-corrected chi connectivity index (χ1v) is 4.67. The molecule has 0 bridgehead atoms. The number of hydrogen-bond donors (Lipinski definition) is 1. The molecule has 0 aromatic heterocycles. The SMILES string of the molecule is COCCOCCCOCCCO. The molecular weight excluding hydrogens is 172 g/mol. The van der Waals surface area contributed by atoms with E-state index in [4.69, 9.17) is 19.3 Å². The number of aliphatic hydroxyl groups excluding tert-OH is 1. The summed E-state index contributed by atoms with van der Waals surface area (Å²) < 4.78 is 15.3. The molecule has 0 aliphatic rings. The van der Waals surface area contributed by atoms with Crippen molar-refractivity contribution in [2.75, 3.05) is 46.8 Å². The third-order valence-electron chi connectivity index (χ3n) is 1.46. The van der Waals surface area contributed by atoms with Gasteiger partial charge in [0.1, 0.15) is 0 Å². The molecule has 80 valence electrons. The van der Waals surface area contributed by atoms with E-state index in [1.807, 2.05) is 0 Å². The standard InChI is InChI=1S/C9H20O4/c1-11-8-9-13-7-3-6-12-5-2-4-10/h10H,2-9H2,1H3. The molecule has 0 saturated heterocycles. The maximum Gasteiger partial charge on any atom is 0.0700 e. The number of hydrogen-bond acceptors (Lipinski definition) is 4. The molecule has 4 nitrogen and oxygen atoms in total. The number of aliphatic hydroxyl groups is 1. The van der Waals surface area contributed by atoms with Crippen molar-refractivity contribution in [3.8, 4) is 0 Å². The Morgan fingerprint density at radius 1 is 0.846 bits per heavy atom. The zero-order chi connectivity index (χ0) is 9.78. The molecule has 0 heterocycles. The van der Waals surface area contributed by atoms with Gasteiger partial charge in [-0.3, -0.25) is 0 Å². The Kier molecular flexibility index (Phi) is 11.7. The molecule has 0 aromatic carbocycles. The first-order valence-electron chi connectivity index (χ1n) is 4.67. The lowest BCUT2D eigenvalue weighted by atomic mass is 10.4. The summed E-state index contributed by atoms with van der Waals surface area (Å²) >= 11 is 0. The molecule has 0 aliphatic carbocycles. The van der Waals surface area contributed by atoms with Crippen LogP contribution in [-0.2, 0) is 14.2 Å². The summed E-state index contributed by atoms with van der Waals surface area (Å²) in [5.74, 6) is 0. The highest BCUT2D eigenvalue weighted by atomic mass is 16.5. The summed E-state index contributed by atoms with van der Waals surface area (Å²) in [4.78, 5) is 0. The average molecular weight is 192 g/mol. The van der Waals surface area contributed by atoms with Gasteiger partial charge in [0.2, 0.25) is 0 Å². The third kappa shape index (κ3) is 11.8. The van der Waals surface area contributed by atoms with Crippen LogP contribution in [0.2, 0.25) is 0 Å². The molecule has 0 atom stereocenters. The summed E-state index contributed by atoms with van der Waals surface area (Å²) in [6.45, 7) is 3.53. The third-order valence-corrected chi connectivity index (χ3v) is 1.46. The van der Waals surface area contributed by atoms with Gasteiger partial charge in [0.15, 0.2) is 0 Å². The van der Waals surface area contributed by atoms with Gasteiger partial charge in [0, 0.05) is 33.5 Å².